The summed E-state index contributed by atoms with van der Waals surface area (Å²) >= 11 is 0. The zero-order valence-electron chi connectivity index (χ0n) is 21.7. The van der Waals surface area contributed by atoms with Crippen LogP contribution in [-0.2, 0) is 9.84 Å². The van der Waals surface area contributed by atoms with Crippen molar-refractivity contribution in [1.82, 2.24) is 19.4 Å². The Morgan fingerprint density at radius 1 is 1.13 bits per heavy atom. The summed E-state index contributed by atoms with van der Waals surface area (Å²) in [6.45, 7) is 1.29. The molecule has 0 radical (unpaired) electrons. The van der Waals surface area contributed by atoms with E-state index in [1.54, 1.807) is 46.8 Å². The summed E-state index contributed by atoms with van der Waals surface area (Å²) in [7, 11) is 3.65. The molecule has 13 heteroatoms. The third kappa shape index (κ3) is 5.53. The average Bonchev–Trinajstić information content (AvgIpc) is 3.27. The summed E-state index contributed by atoms with van der Waals surface area (Å²) in [6.07, 6.45) is 4.20. The highest BCUT2D eigenvalue weighted by Gasteiger charge is 2.23. The van der Waals surface area contributed by atoms with Gasteiger partial charge in [0.2, 0.25) is 5.95 Å². The molecule has 2 heterocycles. The molecule has 0 aliphatic heterocycles. The van der Waals surface area contributed by atoms with E-state index in [-0.39, 0.29) is 16.5 Å². The highest BCUT2D eigenvalue weighted by atomic mass is 32.2. The van der Waals surface area contributed by atoms with Crippen molar-refractivity contribution >= 4 is 43.8 Å². The van der Waals surface area contributed by atoms with Crippen molar-refractivity contribution in [1.29, 1.82) is 0 Å². The molecule has 12 nitrogen and oxygen atoms in total. The smallest absolute Gasteiger partial charge is 0.294 e. The number of nitrogens with zero attached hydrogens (tertiary/aromatic N) is 6. The maximum atomic E-state index is 12.4. The third-order valence-corrected chi connectivity index (χ3v) is 7.12. The predicted octanol–water partition coefficient (Wildman–Crippen LogP) is 3.48. The van der Waals surface area contributed by atoms with E-state index in [0.717, 1.165) is 6.26 Å². The zero-order chi connectivity index (χ0) is 27.6. The zero-order valence-corrected chi connectivity index (χ0v) is 22.6. The van der Waals surface area contributed by atoms with E-state index in [4.69, 9.17) is 4.74 Å². The van der Waals surface area contributed by atoms with Gasteiger partial charge in [-0.1, -0.05) is 18.2 Å². The molecule has 4 rings (SSSR count). The second-order valence-corrected chi connectivity index (χ2v) is 11.0. The van der Waals surface area contributed by atoms with E-state index >= 15 is 0 Å². The number of nitro groups is 1. The highest BCUT2D eigenvalue weighted by Crippen LogP contribution is 2.39. The number of likely N-dealkylation sites (N-methyl/N-ethyl adjacent to an activating group) is 2. The quantitative estimate of drug-likeness (QED) is 0.236. The standard InChI is InChI=1S/C25H29N7O5S/c1-29(2)12-13-30(3)20-15-22(37-4)18(14-21(20)32(33)34)27-25-26-11-10-24(28-25)31-16-23(38(5,35)36)17-8-6-7-9-19(17)31/h6-11,14-16H,12-13H2,1-5H3,(H,26,27,28). The number of para-hydroxylation sites is 1. The lowest BCUT2D eigenvalue weighted by Gasteiger charge is -2.22. The van der Waals surface area contributed by atoms with E-state index < -0.39 is 14.8 Å². The first-order valence-corrected chi connectivity index (χ1v) is 13.5. The largest absolute Gasteiger partial charge is 0.494 e. The van der Waals surface area contributed by atoms with Crippen molar-refractivity contribution in [2.24, 2.45) is 0 Å². The third-order valence-electron chi connectivity index (χ3n) is 6.00. The Balaban J connectivity index is 1.74. The van der Waals surface area contributed by atoms with Gasteiger partial charge < -0.3 is 19.9 Å². The molecule has 38 heavy (non-hydrogen) atoms. The summed E-state index contributed by atoms with van der Waals surface area (Å²) < 4.78 is 31.9. The first kappa shape index (κ1) is 26.8. The second-order valence-electron chi connectivity index (χ2n) is 9.04. The van der Waals surface area contributed by atoms with Crippen LogP contribution in [0.3, 0.4) is 0 Å². The molecule has 0 aliphatic carbocycles. The second kappa shape index (κ2) is 10.6. The SMILES string of the molecule is COc1cc(N(C)CCN(C)C)c([N+](=O)[O-])cc1Nc1nccc(-n2cc(S(C)(=O)=O)c3ccccc32)n1. The fourth-order valence-corrected chi connectivity index (χ4v) is 4.91. The van der Waals surface area contributed by atoms with Gasteiger partial charge >= 0.3 is 0 Å². The number of nitrogens with one attached hydrogen (secondary N) is 1. The Hall–Kier alpha value is -4.23. The molecule has 2 aromatic carbocycles. The number of rotatable bonds is 10. The van der Waals surface area contributed by atoms with Crippen LogP contribution >= 0.6 is 0 Å². The minimum atomic E-state index is -3.48. The molecule has 0 amide bonds. The molecule has 0 saturated carbocycles. The van der Waals surface area contributed by atoms with Crippen molar-refractivity contribution in [2.45, 2.75) is 4.90 Å². The fourth-order valence-electron chi connectivity index (χ4n) is 4.04. The minimum Gasteiger partial charge on any atom is -0.494 e. The van der Waals surface area contributed by atoms with Crippen molar-refractivity contribution < 1.29 is 18.1 Å². The number of hydrogen-bond acceptors (Lipinski definition) is 10. The first-order valence-electron chi connectivity index (χ1n) is 11.6. The molecule has 0 aliphatic rings. The molecule has 1 N–H and O–H groups in total. The lowest BCUT2D eigenvalue weighted by Crippen LogP contribution is -2.28. The summed E-state index contributed by atoms with van der Waals surface area (Å²) in [4.78, 5) is 24.3. The van der Waals surface area contributed by atoms with E-state index in [2.05, 4.69) is 15.3 Å². The van der Waals surface area contributed by atoms with Crippen LogP contribution < -0.4 is 15.0 Å². The number of sulfone groups is 1. The molecule has 2 aromatic heterocycles. The normalized spacial score (nSPS) is 11.6. The molecule has 200 valence electrons. The van der Waals surface area contributed by atoms with Gasteiger partial charge in [0.1, 0.15) is 17.3 Å². The lowest BCUT2D eigenvalue weighted by atomic mass is 10.2. The lowest BCUT2D eigenvalue weighted by molar-refractivity contribution is -0.384. The van der Waals surface area contributed by atoms with Crippen LogP contribution in [0.1, 0.15) is 0 Å². The van der Waals surface area contributed by atoms with Crippen LogP contribution in [0.4, 0.5) is 23.0 Å². The van der Waals surface area contributed by atoms with Crippen LogP contribution in [0.2, 0.25) is 0 Å². The van der Waals surface area contributed by atoms with Crippen LogP contribution in [0, 0.1) is 10.1 Å². The molecule has 0 unspecified atom stereocenters. The molecular weight excluding hydrogens is 510 g/mol. The highest BCUT2D eigenvalue weighted by molar-refractivity contribution is 7.91. The van der Waals surface area contributed by atoms with Crippen LogP contribution in [0.25, 0.3) is 16.7 Å². The molecule has 4 aromatic rings. The van der Waals surface area contributed by atoms with Gasteiger partial charge in [-0.05, 0) is 26.2 Å². The van der Waals surface area contributed by atoms with E-state index in [9.17, 15) is 18.5 Å². The molecular formula is C25H29N7O5S. The Morgan fingerprint density at radius 2 is 1.87 bits per heavy atom. The fraction of sp³-hybridized carbons (Fsp3) is 0.280. The average molecular weight is 540 g/mol. The number of benzene rings is 2. The Kier molecular flexibility index (Phi) is 7.51. The van der Waals surface area contributed by atoms with Crippen LogP contribution in [-0.4, -0.2) is 80.4 Å². The topological polar surface area (TPSA) is 136 Å². The van der Waals surface area contributed by atoms with Crippen molar-refractivity contribution in [3.05, 3.63) is 65.0 Å². The van der Waals surface area contributed by atoms with E-state index in [1.807, 2.05) is 25.1 Å². The predicted molar refractivity (Wildman–Crippen MR) is 147 cm³/mol. The van der Waals surface area contributed by atoms with Gasteiger partial charge in [-0.3, -0.25) is 14.7 Å². The van der Waals surface area contributed by atoms with Gasteiger partial charge in [0, 0.05) is 56.3 Å². The van der Waals surface area contributed by atoms with Gasteiger partial charge in [0.25, 0.3) is 5.69 Å². The van der Waals surface area contributed by atoms with E-state index in [1.165, 1.54) is 25.6 Å². The van der Waals surface area contributed by atoms with Gasteiger partial charge in [-0.15, -0.1) is 0 Å². The Morgan fingerprint density at radius 3 is 2.53 bits per heavy atom. The maximum absolute atomic E-state index is 12.4. The summed E-state index contributed by atoms with van der Waals surface area (Å²) in [6, 6.07) is 11.8. The summed E-state index contributed by atoms with van der Waals surface area (Å²) in [5.41, 5.74) is 1.30. The number of aromatic nitrogens is 3. The number of hydrogen-bond donors (Lipinski definition) is 1. The number of methoxy groups -OCH3 is 1. The van der Waals surface area contributed by atoms with Crippen molar-refractivity contribution in [2.75, 3.05) is 57.8 Å². The molecule has 0 spiro atoms. The molecule has 0 saturated heterocycles. The summed E-state index contributed by atoms with van der Waals surface area (Å²) in [5.74, 6) is 0.951. The number of ether oxygens (including phenoxy) is 1. The first-order chi connectivity index (χ1) is 18.0. The molecule has 0 fully saturated rings. The monoisotopic (exact) mass is 539 g/mol. The molecule has 0 bridgehead atoms. The van der Waals surface area contributed by atoms with Gasteiger partial charge in [0.15, 0.2) is 9.84 Å². The number of fused-ring (bicyclic) bond motifs is 1. The van der Waals surface area contributed by atoms with Crippen LogP contribution in [0.15, 0.2) is 59.8 Å². The van der Waals surface area contributed by atoms with Crippen molar-refractivity contribution in [3.8, 4) is 11.6 Å². The van der Waals surface area contributed by atoms with Gasteiger partial charge in [-0.25, -0.2) is 13.4 Å². The van der Waals surface area contributed by atoms with Gasteiger partial charge in [0.05, 0.1) is 28.1 Å². The van der Waals surface area contributed by atoms with Gasteiger partial charge in [-0.2, -0.15) is 4.98 Å². The summed E-state index contributed by atoms with van der Waals surface area (Å²) in [5, 5.41) is 15.5. The Bertz CT molecular complexity index is 1600. The van der Waals surface area contributed by atoms with Crippen LogP contribution in [0.5, 0.6) is 5.75 Å². The Labute approximate surface area is 220 Å². The van der Waals surface area contributed by atoms with Crippen molar-refractivity contribution in [3.63, 3.8) is 0 Å². The number of nitro benzene ring substituents is 1. The molecule has 0 atom stereocenters. The maximum Gasteiger partial charge on any atom is 0.294 e. The minimum absolute atomic E-state index is 0.0973. The number of anilines is 3. The van der Waals surface area contributed by atoms with E-state index in [0.29, 0.717) is 46.9 Å².